The highest BCUT2D eigenvalue weighted by atomic mass is 15.3. The van der Waals surface area contributed by atoms with Crippen molar-refractivity contribution in [3.05, 3.63) is 23.9 Å². The molecule has 8 heteroatoms. The number of anilines is 2. The van der Waals surface area contributed by atoms with Crippen molar-refractivity contribution in [1.82, 2.24) is 29.6 Å². The van der Waals surface area contributed by atoms with Gasteiger partial charge in [0.1, 0.15) is 18.0 Å². The summed E-state index contributed by atoms with van der Waals surface area (Å²) in [5, 5.41) is 8.15. The summed E-state index contributed by atoms with van der Waals surface area (Å²) in [5.74, 6) is 2.98. The van der Waals surface area contributed by atoms with E-state index in [0.717, 1.165) is 69.1 Å². The summed E-state index contributed by atoms with van der Waals surface area (Å²) in [5.41, 5.74) is 1.05. The van der Waals surface area contributed by atoms with Gasteiger partial charge in [0.2, 0.25) is 5.95 Å². The van der Waals surface area contributed by atoms with Crippen LogP contribution in [0.4, 0.5) is 11.8 Å². The lowest BCUT2D eigenvalue weighted by Gasteiger charge is -2.35. The first-order chi connectivity index (χ1) is 12.2. The average molecular weight is 342 g/mol. The van der Waals surface area contributed by atoms with Gasteiger partial charge >= 0.3 is 0 Å². The van der Waals surface area contributed by atoms with Gasteiger partial charge in [-0.2, -0.15) is 4.98 Å². The molecule has 2 aliphatic rings. The van der Waals surface area contributed by atoms with Crippen LogP contribution in [0.2, 0.25) is 0 Å². The molecule has 2 aromatic rings. The standard InChI is InChI=1S/C17H26N8/c1-14-11-15(20-17(19-14)25-5-3-4-6-25)24-9-7-23(8-10-24)12-16-21-18-13-22(16)2/h11,13H,3-10,12H2,1-2H3. The number of aromatic nitrogens is 5. The summed E-state index contributed by atoms with van der Waals surface area (Å²) in [6.07, 6.45) is 4.25. The van der Waals surface area contributed by atoms with Gasteiger partial charge in [-0.3, -0.25) is 4.90 Å². The Morgan fingerprint density at radius 3 is 2.40 bits per heavy atom. The van der Waals surface area contributed by atoms with Crippen molar-refractivity contribution >= 4 is 11.8 Å². The monoisotopic (exact) mass is 342 g/mol. The van der Waals surface area contributed by atoms with Gasteiger partial charge in [0.15, 0.2) is 0 Å². The van der Waals surface area contributed by atoms with E-state index in [2.05, 4.69) is 42.9 Å². The molecule has 2 saturated heterocycles. The Hall–Kier alpha value is -2.22. The zero-order valence-corrected chi connectivity index (χ0v) is 15.1. The van der Waals surface area contributed by atoms with Crippen LogP contribution in [0, 0.1) is 6.92 Å². The average Bonchev–Trinajstić information content (AvgIpc) is 3.28. The van der Waals surface area contributed by atoms with E-state index in [0.29, 0.717) is 0 Å². The van der Waals surface area contributed by atoms with Crippen molar-refractivity contribution < 1.29 is 0 Å². The summed E-state index contributed by atoms with van der Waals surface area (Å²) < 4.78 is 1.99. The molecule has 2 aromatic heterocycles. The Morgan fingerprint density at radius 2 is 1.72 bits per heavy atom. The zero-order valence-electron chi connectivity index (χ0n) is 15.1. The molecule has 0 radical (unpaired) electrons. The molecule has 0 aliphatic carbocycles. The SMILES string of the molecule is Cc1cc(N2CCN(Cc3nncn3C)CC2)nc(N2CCCC2)n1. The van der Waals surface area contributed by atoms with Gasteiger partial charge in [-0.05, 0) is 19.8 Å². The molecular formula is C17H26N8. The second kappa shape index (κ2) is 6.95. The second-order valence-corrected chi connectivity index (χ2v) is 6.98. The summed E-state index contributed by atoms with van der Waals surface area (Å²) >= 11 is 0. The molecule has 0 saturated carbocycles. The lowest BCUT2D eigenvalue weighted by atomic mass is 10.3. The van der Waals surface area contributed by atoms with Gasteiger partial charge in [-0.1, -0.05) is 0 Å². The minimum Gasteiger partial charge on any atom is -0.354 e. The Kier molecular flexibility index (Phi) is 4.52. The lowest BCUT2D eigenvalue weighted by Crippen LogP contribution is -2.46. The molecule has 4 rings (SSSR count). The predicted molar refractivity (Wildman–Crippen MR) is 96.7 cm³/mol. The number of hydrogen-bond acceptors (Lipinski definition) is 7. The number of aryl methyl sites for hydroxylation is 2. The largest absolute Gasteiger partial charge is 0.354 e. The summed E-state index contributed by atoms with van der Waals surface area (Å²) in [6.45, 7) is 9.05. The fraction of sp³-hybridized carbons (Fsp3) is 0.647. The second-order valence-electron chi connectivity index (χ2n) is 6.98. The van der Waals surface area contributed by atoms with E-state index in [9.17, 15) is 0 Å². The molecule has 0 spiro atoms. The van der Waals surface area contributed by atoms with Crippen LogP contribution in [0.1, 0.15) is 24.4 Å². The lowest BCUT2D eigenvalue weighted by molar-refractivity contribution is 0.241. The fourth-order valence-corrected chi connectivity index (χ4v) is 3.54. The zero-order chi connectivity index (χ0) is 17.2. The Bertz CT molecular complexity index is 713. The first kappa shape index (κ1) is 16.3. The third-order valence-electron chi connectivity index (χ3n) is 5.08. The maximum absolute atomic E-state index is 4.85. The Balaban J connectivity index is 1.41. The smallest absolute Gasteiger partial charge is 0.227 e. The van der Waals surface area contributed by atoms with Crippen molar-refractivity contribution in [3.8, 4) is 0 Å². The van der Waals surface area contributed by atoms with Gasteiger partial charge in [-0.15, -0.1) is 10.2 Å². The van der Waals surface area contributed by atoms with Crippen LogP contribution in [-0.2, 0) is 13.6 Å². The molecule has 25 heavy (non-hydrogen) atoms. The number of rotatable bonds is 4. The maximum atomic E-state index is 4.85. The highest BCUT2D eigenvalue weighted by molar-refractivity contribution is 5.46. The van der Waals surface area contributed by atoms with Crippen molar-refractivity contribution in [2.75, 3.05) is 49.1 Å². The molecule has 0 N–H and O–H groups in total. The first-order valence-corrected chi connectivity index (χ1v) is 9.10. The first-order valence-electron chi connectivity index (χ1n) is 9.10. The highest BCUT2D eigenvalue weighted by Crippen LogP contribution is 2.22. The summed E-state index contributed by atoms with van der Waals surface area (Å²) in [6, 6.07) is 2.11. The molecule has 0 unspecified atom stereocenters. The van der Waals surface area contributed by atoms with Gasteiger partial charge in [0.25, 0.3) is 0 Å². The Morgan fingerprint density at radius 1 is 0.960 bits per heavy atom. The highest BCUT2D eigenvalue weighted by Gasteiger charge is 2.22. The van der Waals surface area contributed by atoms with Gasteiger partial charge < -0.3 is 14.4 Å². The number of piperazine rings is 1. The third kappa shape index (κ3) is 3.58. The quantitative estimate of drug-likeness (QED) is 0.815. The van der Waals surface area contributed by atoms with Crippen molar-refractivity contribution in [2.24, 2.45) is 7.05 Å². The number of hydrogen-bond donors (Lipinski definition) is 0. The van der Waals surface area contributed by atoms with Gasteiger partial charge in [-0.25, -0.2) is 4.98 Å². The van der Waals surface area contributed by atoms with Crippen LogP contribution in [0.25, 0.3) is 0 Å². The topological polar surface area (TPSA) is 66.2 Å². The van der Waals surface area contributed by atoms with E-state index in [-0.39, 0.29) is 0 Å². The predicted octanol–water partition coefficient (Wildman–Crippen LogP) is 0.836. The third-order valence-corrected chi connectivity index (χ3v) is 5.08. The van der Waals surface area contributed by atoms with Crippen LogP contribution in [0.5, 0.6) is 0 Å². The molecule has 0 aromatic carbocycles. The van der Waals surface area contributed by atoms with Crippen molar-refractivity contribution in [2.45, 2.75) is 26.3 Å². The minimum absolute atomic E-state index is 0.853. The van der Waals surface area contributed by atoms with E-state index in [1.54, 1.807) is 6.33 Å². The molecule has 0 amide bonds. The van der Waals surface area contributed by atoms with Crippen LogP contribution >= 0.6 is 0 Å². The molecule has 0 atom stereocenters. The van der Waals surface area contributed by atoms with Crippen LogP contribution in [-0.4, -0.2) is 68.9 Å². The molecule has 134 valence electrons. The van der Waals surface area contributed by atoms with Crippen LogP contribution in [0.15, 0.2) is 12.4 Å². The van der Waals surface area contributed by atoms with E-state index in [1.807, 2.05) is 11.6 Å². The van der Waals surface area contributed by atoms with E-state index in [1.165, 1.54) is 12.8 Å². The normalized spacial score (nSPS) is 19.0. The molecular weight excluding hydrogens is 316 g/mol. The van der Waals surface area contributed by atoms with Gasteiger partial charge in [0, 0.05) is 58.1 Å². The molecule has 8 nitrogen and oxygen atoms in total. The van der Waals surface area contributed by atoms with Crippen molar-refractivity contribution in [1.29, 1.82) is 0 Å². The molecule has 0 bridgehead atoms. The van der Waals surface area contributed by atoms with E-state index < -0.39 is 0 Å². The van der Waals surface area contributed by atoms with Crippen LogP contribution < -0.4 is 9.80 Å². The van der Waals surface area contributed by atoms with Gasteiger partial charge in [0.05, 0.1) is 6.54 Å². The maximum Gasteiger partial charge on any atom is 0.227 e. The van der Waals surface area contributed by atoms with Crippen LogP contribution in [0.3, 0.4) is 0 Å². The summed E-state index contributed by atoms with van der Waals surface area (Å²) in [7, 11) is 2.00. The van der Waals surface area contributed by atoms with Crippen molar-refractivity contribution in [3.63, 3.8) is 0 Å². The molecule has 2 aliphatic heterocycles. The summed E-state index contributed by atoms with van der Waals surface area (Å²) in [4.78, 5) is 16.6. The minimum atomic E-state index is 0.853. The van der Waals surface area contributed by atoms with E-state index in [4.69, 9.17) is 4.98 Å². The number of nitrogens with zero attached hydrogens (tertiary/aromatic N) is 8. The fourth-order valence-electron chi connectivity index (χ4n) is 3.54. The Labute approximate surface area is 148 Å². The molecule has 4 heterocycles. The van der Waals surface area contributed by atoms with E-state index >= 15 is 0 Å². The molecule has 2 fully saturated rings.